The second-order valence-corrected chi connectivity index (χ2v) is 16.1. The molecule has 0 aromatic heterocycles. The third-order valence-corrected chi connectivity index (χ3v) is 12.6. The van der Waals surface area contributed by atoms with Gasteiger partial charge in [-0.25, -0.2) is 0 Å². The van der Waals surface area contributed by atoms with Crippen molar-refractivity contribution in [2.24, 2.45) is 17.8 Å². The number of anilines is 1. The summed E-state index contributed by atoms with van der Waals surface area (Å²) in [7, 11) is 1.68. The average molecular weight is 813 g/mol. The molecule has 10 nitrogen and oxygen atoms in total. The Hall–Kier alpha value is -3.51. The van der Waals surface area contributed by atoms with Gasteiger partial charge in [-0.2, -0.15) is 0 Å². The van der Waals surface area contributed by atoms with Gasteiger partial charge in [-0.15, -0.1) is 13.2 Å². The van der Waals surface area contributed by atoms with Gasteiger partial charge in [-0.05, 0) is 49.8 Å². The molecule has 3 amide bonds. The second kappa shape index (κ2) is 16.9. The van der Waals surface area contributed by atoms with Crippen LogP contribution in [0.3, 0.4) is 0 Å². The van der Waals surface area contributed by atoms with Gasteiger partial charge in [0, 0.05) is 24.8 Å². The maximum atomic E-state index is 15.2. The first-order chi connectivity index (χ1) is 25.3. The van der Waals surface area contributed by atoms with E-state index < -0.39 is 72.2 Å². The number of carbonyl (C=O) groups excluding carboxylic acids is 4. The molecule has 12 heteroatoms. The number of esters is 1. The highest BCUT2D eigenvalue weighted by molar-refractivity contribution is 9.09. The van der Waals surface area contributed by atoms with Gasteiger partial charge in [0.25, 0.3) is 5.91 Å². The molecule has 0 radical (unpaired) electrons. The van der Waals surface area contributed by atoms with Crippen molar-refractivity contribution in [2.75, 3.05) is 25.1 Å². The van der Waals surface area contributed by atoms with Crippen LogP contribution >= 0.6 is 27.5 Å². The van der Waals surface area contributed by atoms with Crippen molar-refractivity contribution in [2.45, 2.75) is 94.1 Å². The highest BCUT2D eigenvalue weighted by Crippen LogP contribution is 2.61. The summed E-state index contributed by atoms with van der Waals surface area (Å²) in [5.41, 5.74) is 0.507. The van der Waals surface area contributed by atoms with Gasteiger partial charge in [-0.3, -0.25) is 19.2 Å². The molecule has 3 heterocycles. The van der Waals surface area contributed by atoms with Crippen molar-refractivity contribution < 1.29 is 33.8 Å². The average Bonchev–Trinajstić information content (AvgIpc) is 3.75. The van der Waals surface area contributed by atoms with Gasteiger partial charge in [0.1, 0.15) is 17.7 Å². The van der Waals surface area contributed by atoms with Gasteiger partial charge < -0.3 is 29.3 Å². The van der Waals surface area contributed by atoms with E-state index in [9.17, 15) is 14.7 Å². The Labute approximate surface area is 326 Å². The lowest BCUT2D eigenvalue weighted by Gasteiger charge is -2.41. The van der Waals surface area contributed by atoms with Crippen LogP contribution in [0.4, 0.5) is 5.69 Å². The summed E-state index contributed by atoms with van der Waals surface area (Å²) in [4.78, 5) is 62.2. The molecule has 2 aromatic rings. The third kappa shape index (κ3) is 7.34. The van der Waals surface area contributed by atoms with E-state index >= 15 is 9.59 Å². The minimum absolute atomic E-state index is 0.0954. The summed E-state index contributed by atoms with van der Waals surface area (Å²) >= 11 is 10.5. The minimum atomic E-state index is -1.42. The van der Waals surface area contributed by atoms with E-state index in [0.717, 1.165) is 5.56 Å². The van der Waals surface area contributed by atoms with Gasteiger partial charge in [0.2, 0.25) is 11.8 Å². The van der Waals surface area contributed by atoms with Crippen LogP contribution in [-0.4, -0.2) is 93.5 Å². The quantitative estimate of drug-likeness (QED) is 0.118. The van der Waals surface area contributed by atoms with Crippen LogP contribution in [0.25, 0.3) is 0 Å². The van der Waals surface area contributed by atoms with E-state index in [0.29, 0.717) is 29.1 Å². The molecule has 53 heavy (non-hydrogen) atoms. The fourth-order valence-corrected chi connectivity index (χ4v) is 9.71. The van der Waals surface area contributed by atoms with E-state index in [1.165, 1.54) is 9.80 Å². The molecule has 10 atom stereocenters. The number of aliphatic hydroxyl groups is 1. The molecule has 286 valence electrons. The largest absolute Gasteiger partial charge is 0.455 e. The first-order valence-corrected chi connectivity index (χ1v) is 19.6. The van der Waals surface area contributed by atoms with Gasteiger partial charge >= 0.3 is 5.97 Å². The molecular formula is C41H51BrClN3O7. The molecule has 0 aliphatic carbocycles. The summed E-state index contributed by atoms with van der Waals surface area (Å²) < 4.78 is 13.2. The van der Waals surface area contributed by atoms with Crippen LogP contribution in [0.5, 0.6) is 0 Å². The number of fused-ring (bicyclic) bond motifs is 1. The minimum Gasteiger partial charge on any atom is -0.455 e. The number of nitrogens with zero attached hydrogens (tertiary/aromatic N) is 3. The van der Waals surface area contributed by atoms with E-state index in [4.69, 9.17) is 21.1 Å². The van der Waals surface area contributed by atoms with Crippen molar-refractivity contribution in [1.82, 2.24) is 9.80 Å². The number of aryl methyl sites for hydroxylation is 1. The zero-order chi connectivity index (χ0) is 38.8. The van der Waals surface area contributed by atoms with Crippen molar-refractivity contribution in [3.8, 4) is 0 Å². The number of likely N-dealkylation sites (N-methyl/N-ethyl adjacent to an activating group) is 1. The summed E-state index contributed by atoms with van der Waals surface area (Å²) in [5.74, 6) is -4.01. The molecule has 3 aliphatic heterocycles. The number of likely N-dealkylation sites (tertiary alicyclic amines) is 1. The van der Waals surface area contributed by atoms with Crippen LogP contribution in [-0.2, 0) is 28.7 Å². The number of benzene rings is 2. The number of carbonyl (C=O) groups is 4. The lowest BCUT2D eigenvalue weighted by molar-refractivity contribution is -0.165. The van der Waals surface area contributed by atoms with Crippen LogP contribution in [0, 0.1) is 24.7 Å². The highest BCUT2D eigenvalue weighted by atomic mass is 79.9. The molecule has 1 N–H and O–H groups in total. The lowest BCUT2D eigenvalue weighted by Crippen LogP contribution is -2.60. The van der Waals surface area contributed by atoms with Gasteiger partial charge in [-0.1, -0.05) is 102 Å². The number of amides is 3. The number of alkyl halides is 1. The van der Waals surface area contributed by atoms with Crippen LogP contribution in [0.1, 0.15) is 63.7 Å². The Morgan fingerprint density at radius 2 is 1.85 bits per heavy atom. The molecule has 2 aromatic carbocycles. The Balaban J connectivity index is 1.59. The lowest BCUT2D eigenvalue weighted by atomic mass is 9.70. The third-order valence-electron chi connectivity index (χ3n) is 11.5. The van der Waals surface area contributed by atoms with Crippen molar-refractivity contribution >= 4 is 56.9 Å². The predicted octanol–water partition coefficient (Wildman–Crippen LogP) is 6.42. The summed E-state index contributed by atoms with van der Waals surface area (Å²) in [6, 6.07) is 12.1. The molecule has 5 rings (SSSR count). The zero-order valence-corrected chi connectivity index (χ0v) is 33.5. The first-order valence-electron chi connectivity index (χ1n) is 18.3. The molecule has 3 fully saturated rings. The molecule has 1 unspecified atom stereocenters. The smallest absolute Gasteiger partial charge is 0.313 e. The molecule has 2 bridgehead atoms. The summed E-state index contributed by atoms with van der Waals surface area (Å²) in [5, 5.41) is 11.2. The zero-order valence-electron chi connectivity index (χ0n) is 31.1. The molecule has 3 aliphatic rings. The topological polar surface area (TPSA) is 117 Å². The van der Waals surface area contributed by atoms with E-state index in [2.05, 4.69) is 29.1 Å². The van der Waals surface area contributed by atoms with E-state index in [1.54, 1.807) is 36.2 Å². The Morgan fingerprint density at radius 3 is 2.45 bits per heavy atom. The number of para-hydroxylation sites is 1. The SMILES string of the molecule is C=CCCC(=O)N(C)[C@H](C)[C@H](OC(=O)[C@@H]1[C@H]2O[C@@]3(CC2Br)[C@H](C(=O)N(CC=C)c2c(C)cccc2Cl)N([C@@H](CO)[C@@H](C)CC)C(=O)[C@@H]13)c1ccccc1. The monoisotopic (exact) mass is 811 g/mol. The maximum Gasteiger partial charge on any atom is 0.313 e. The molecule has 0 saturated carbocycles. The molecular weight excluding hydrogens is 762 g/mol. The van der Waals surface area contributed by atoms with E-state index in [-0.39, 0.29) is 36.0 Å². The standard InChI is InChI=1S/C41H51BrClN3O7/c1-8-11-20-31(48)44(7)26(6)35(27-17-13-12-14-18-27)52-40(51)32-33-38(49)46(30(23-47)24(4)10-3)37(41(33)22-28(42)36(32)53-41)39(50)45(21-9-2)34-25(5)16-15-19-29(34)43/h8-9,12-19,24,26,28,30,32-33,35-37,47H,1-2,10-11,20-23H2,3-7H3/t24-,26+,28?,30-,32-,33+,35-,36-,37-,41+/m0/s1. The fourth-order valence-electron chi connectivity index (χ4n) is 8.44. The molecule has 1 spiro atoms. The van der Waals surface area contributed by atoms with Crippen LogP contribution < -0.4 is 4.90 Å². The number of hydrogen-bond donors (Lipinski definition) is 1. The van der Waals surface area contributed by atoms with Crippen LogP contribution in [0.2, 0.25) is 5.02 Å². The summed E-state index contributed by atoms with van der Waals surface area (Å²) in [6.45, 7) is 14.9. The van der Waals surface area contributed by atoms with Gasteiger partial charge in [0.15, 0.2) is 0 Å². The summed E-state index contributed by atoms with van der Waals surface area (Å²) in [6.07, 6.45) is 3.29. The second-order valence-electron chi connectivity index (χ2n) is 14.5. The number of aliphatic hydroxyl groups excluding tert-OH is 1. The number of rotatable bonds is 16. The fraction of sp³-hybridized carbons (Fsp3) is 0.512. The maximum absolute atomic E-state index is 15.2. The first kappa shape index (κ1) is 40.7. The Morgan fingerprint density at radius 1 is 1.15 bits per heavy atom. The highest BCUT2D eigenvalue weighted by Gasteiger charge is 2.78. The number of halogens is 2. The number of ether oxygens (including phenoxy) is 2. The predicted molar refractivity (Wildman–Crippen MR) is 209 cm³/mol. The number of allylic oxidation sites excluding steroid dienone is 1. The number of hydrogen-bond acceptors (Lipinski definition) is 7. The van der Waals surface area contributed by atoms with Crippen molar-refractivity contribution in [3.63, 3.8) is 0 Å². The van der Waals surface area contributed by atoms with Crippen molar-refractivity contribution in [3.05, 3.63) is 90.0 Å². The van der Waals surface area contributed by atoms with Crippen molar-refractivity contribution in [1.29, 1.82) is 0 Å². The van der Waals surface area contributed by atoms with Gasteiger partial charge in [0.05, 0.1) is 47.3 Å². The molecule has 3 saturated heterocycles. The Kier molecular flexibility index (Phi) is 13.0. The van der Waals surface area contributed by atoms with E-state index in [1.807, 2.05) is 64.1 Å². The van der Waals surface area contributed by atoms with Crippen LogP contribution in [0.15, 0.2) is 73.8 Å². The normalized spacial score (nSPS) is 26.7. The Bertz CT molecular complexity index is 1690.